The Balaban J connectivity index is 2.39. The molecule has 0 spiro atoms. The van der Waals surface area contributed by atoms with E-state index in [9.17, 15) is 23.6 Å². The molecule has 1 aromatic carbocycles. The van der Waals surface area contributed by atoms with Crippen LogP contribution in [0.3, 0.4) is 0 Å². The van der Waals surface area contributed by atoms with Crippen LogP contribution in [-0.2, 0) is 14.8 Å². The van der Waals surface area contributed by atoms with Gasteiger partial charge in [-0.2, -0.15) is 4.31 Å². The van der Waals surface area contributed by atoms with Gasteiger partial charge in [-0.3, -0.25) is 10.1 Å². The summed E-state index contributed by atoms with van der Waals surface area (Å²) in [7, 11) is -3.85. The summed E-state index contributed by atoms with van der Waals surface area (Å²) in [4.78, 5) is 9.78. The zero-order valence-electron chi connectivity index (χ0n) is 11.4. The predicted octanol–water partition coefficient (Wildman–Crippen LogP) is 1.10. The van der Waals surface area contributed by atoms with E-state index in [0.717, 1.165) is 18.2 Å². The van der Waals surface area contributed by atoms with Crippen LogP contribution in [0.5, 0.6) is 5.75 Å². The van der Waals surface area contributed by atoms with Gasteiger partial charge in [-0.15, -0.1) is 0 Å². The standard InChI is InChI=1S/C12H16N2O6S/c1-9-8-13(5-2-6-20-9)21(18,19)10-3-4-12(15)11(7-10)14(16)17/h3-4,7,9,15H,2,5-6,8H2,1H3. The number of rotatable bonds is 3. The van der Waals surface area contributed by atoms with Gasteiger partial charge in [0, 0.05) is 25.8 Å². The maximum atomic E-state index is 12.5. The normalized spacial score (nSPS) is 20.9. The van der Waals surface area contributed by atoms with Crippen LogP contribution in [0, 0.1) is 10.1 Å². The molecule has 0 amide bonds. The third-order valence-corrected chi connectivity index (χ3v) is 5.06. The topological polar surface area (TPSA) is 110 Å². The molecule has 9 heteroatoms. The quantitative estimate of drug-likeness (QED) is 0.660. The molecule has 0 radical (unpaired) electrons. The second-order valence-corrected chi connectivity index (χ2v) is 6.74. The molecule has 1 aromatic rings. The van der Waals surface area contributed by atoms with Crippen molar-refractivity contribution in [1.82, 2.24) is 4.31 Å². The molecule has 1 saturated heterocycles. The van der Waals surface area contributed by atoms with Gasteiger partial charge in [0.1, 0.15) is 0 Å². The maximum Gasteiger partial charge on any atom is 0.312 e. The molecule has 1 N–H and O–H groups in total. The van der Waals surface area contributed by atoms with Crippen molar-refractivity contribution < 1.29 is 23.2 Å². The highest BCUT2D eigenvalue weighted by atomic mass is 32.2. The second-order valence-electron chi connectivity index (χ2n) is 4.81. The summed E-state index contributed by atoms with van der Waals surface area (Å²) in [6, 6.07) is 3.05. The third-order valence-electron chi connectivity index (χ3n) is 3.20. The van der Waals surface area contributed by atoms with Crippen LogP contribution in [0.1, 0.15) is 13.3 Å². The van der Waals surface area contributed by atoms with E-state index in [-0.39, 0.29) is 17.5 Å². The zero-order chi connectivity index (χ0) is 15.6. The van der Waals surface area contributed by atoms with Crippen LogP contribution < -0.4 is 0 Å². The molecule has 8 nitrogen and oxygen atoms in total. The molecule has 1 heterocycles. The Kier molecular flexibility index (Phi) is 4.45. The summed E-state index contributed by atoms with van der Waals surface area (Å²) in [6.45, 7) is 2.73. The van der Waals surface area contributed by atoms with E-state index in [2.05, 4.69) is 0 Å². The zero-order valence-corrected chi connectivity index (χ0v) is 12.2. The average molecular weight is 316 g/mol. The minimum absolute atomic E-state index is 0.191. The first kappa shape index (κ1) is 15.7. The van der Waals surface area contributed by atoms with E-state index in [1.165, 1.54) is 4.31 Å². The van der Waals surface area contributed by atoms with Gasteiger partial charge in [-0.25, -0.2) is 8.42 Å². The molecule has 0 bridgehead atoms. The Morgan fingerprint density at radius 1 is 1.48 bits per heavy atom. The Morgan fingerprint density at radius 3 is 2.86 bits per heavy atom. The summed E-state index contributed by atoms with van der Waals surface area (Å²) in [6.07, 6.45) is 0.318. The van der Waals surface area contributed by atoms with Gasteiger partial charge in [-0.05, 0) is 25.5 Å². The van der Waals surface area contributed by atoms with Crippen molar-refractivity contribution in [1.29, 1.82) is 0 Å². The molecule has 0 aromatic heterocycles. The van der Waals surface area contributed by atoms with E-state index in [0.29, 0.717) is 19.6 Å². The Morgan fingerprint density at radius 2 is 2.19 bits per heavy atom. The van der Waals surface area contributed by atoms with Crippen molar-refractivity contribution in [2.75, 3.05) is 19.7 Å². The van der Waals surface area contributed by atoms with E-state index in [1.54, 1.807) is 6.92 Å². The molecule has 1 aliphatic rings. The lowest BCUT2D eigenvalue weighted by Gasteiger charge is -2.21. The fourth-order valence-corrected chi connectivity index (χ4v) is 3.71. The molecule has 116 valence electrons. The van der Waals surface area contributed by atoms with Gasteiger partial charge < -0.3 is 9.84 Å². The first-order valence-corrected chi connectivity index (χ1v) is 7.85. The first-order valence-electron chi connectivity index (χ1n) is 6.41. The molecular formula is C12H16N2O6S. The SMILES string of the molecule is CC1CN(S(=O)(=O)c2ccc(O)c([N+](=O)[O-])c2)CCCO1. The highest BCUT2D eigenvalue weighted by molar-refractivity contribution is 7.89. The summed E-state index contributed by atoms with van der Waals surface area (Å²) in [5.74, 6) is -0.563. The molecule has 1 atom stereocenters. The van der Waals surface area contributed by atoms with Crippen molar-refractivity contribution in [3.63, 3.8) is 0 Å². The number of phenols is 1. The molecule has 1 fully saturated rings. The Labute approximate surface area is 122 Å². The van der Waals surface area contributed by atoms with Crippen LogP contribution in [0.25, 0.3) is 0 Å². The lowest BCUT2D eigenvalue weighted by atomic mass is 10.3. The van der Waals surface area contributed by atoms with E-state index >= 15 is 0 Å². The minimum Gasteiger partial charge on any atom is -0.502 e. The highest BCUT2D eigenvalue weighted by Gasteiger charge is 2.29. The lowest BCUT2D eigenvalue weighted by molar-refractivity contribution is -0.386. The van der Waals surface area contributed by atoms with E-state index in [4.69, 9.17) is 4.74 Å². The number of nitrogens with zero attached hydrogens (tertiary/aromatic N) is 2. The highest BCUT2D eigenvalue weighted by Crippen LogP contribution is 2.30. The van der Waals surface area contributed by atoms with Crippen LogP contribution in [0.2, 0.25) is 0 Å². The maximum absolute atomic E-state index is 12.5. The molecule has 21 heavy (non-hydrogen) atoms. The van der Waals surface area contributed by atoms with Crippen molar-refractivity contribution in [3.05, 3.63) is 28.3 Å². The number of ether oxygens (including phenoxy) is 1. The van der Waals surface area contributed by atoms with Crippen LogP contribution in [-0.4, -0.2) is 48.6 Å². The predicted molar refractivity (Wildman–Crippen MR) is 73.6 cm³/mol. The lowest BCUT2D eigenvalue weighted by Crippen LogP contribution is -2.35. The number of aromatic hydroxyl groups is 1. The van der Waals surface area contributed by atoms with E-state index in [1.807, 2.05) is 0 Å². The second kappa shape index (κ2) is 5.96. The summed E-state index contributed by atoms with van der Waals surface area (Å²) in [5, 5.41) is 20.2. The molecule has 0 saturated carbocycles. The van der Waals surface area contributed by atoms with Crippen LogP contribution in [0.4, 0.5) is 5.69 Å². The van der Waals surface area contributed by atoms with Gasteiger partial charge in [0.2, 0.25) is 10.0 Å². The average Bonchev–Trinajstić information content (AvgIpc) is 2.63. The number of phenolic OH excluding ortho intramolecular Hbond substituents is 1. The number of hydrogen-bond acceptors (Lipinski definition) is 6. The Hall–Kier alpha value is -1.71. The third kappa shape index (κ3) is 3.31. The minimum atomic E-state index is -3.85. The summed E-state index contributed by atoms with van der Waals surface area (Å²) < 4.78 is 31.7. The smallest absolute Gasteiger partial charge is 0.312 e. The molecule has 1 aliphatic heterocycles. The number of nitro groups is 1. The molecule has 2 rings (SSSR count). The number of hydrogen-bond donors (Lipinski definition) is 1. The van der Waals surface area contributed by atoms with Gasteiger partial charge in [-0.1, -0.05) is 0 Å². The van der Waals surface area contributed by atoms with Crippen LogP contribution in [0.15, 0.2) is 23.1 Å². The number of nitro benzene ring substituents is 1. The van der Waals surface area contributed by atoms with Gasteiger partial charge in [0.25, 0.3) is 0 Å². The Bertz CT molecular complexity index is 645. The van der Waals surface area contributed by atoms with Crippen molar-refractivity contribution >= 4 is 15.7 Å². The van der Waals surface area contributed by atoms with E-state index < -0.39 is 26.4 Å². The van der Waals surface area contributed by atoms with Crippen molar-refractivity contribution in [2.45, 2.75) is 24.3 Å². The first-order chi connectivity index (χ1) is 9.82. The summed E-state index contributed by atoms with van der Waals surface area (Å²) >= 11 is 0. The van der Waals surface area contributed by atoms with Gasteiger partial charge >= 0.3 is 5.69 Å². The van der Waals surface area contributed by atoms with Crippen molar-refractivity contribution in [2.24, 2.45) is 0 Å². The summed E-state index contributed by atoms with van der Waals surface area (Å²) in [5.41, 5.74) is -0.629. The molecular weight excluding hydrogens is 300 g/mol. The molecule has 1 unspecified atom stereocenters. The number of benzene rings is 1. The molecule has 0 aliphatic carbocycles. The monoisotopic (exact) mass is 316 g/mol. The van der Waals surface area contributed by atoms with Crippen LogP contribution >= 0.6 is 0 Å². The largest absolute Gasteiger partial charge is 0.502 e. The van der Waals surface area contributed by atoms with Gasteiger partial charge in [0.05, 0.1) is 15.9 Å². The van der Waals surface area contributed by atoms with Crippen molar-refractivity contribution in [3.8, 4) is 5.75 Å². The fourth-order valence-electron chi connectivity index (χ4n) is 2.13. The number of sulfonamides is 1. The van der Waals surface area contributed by atoms with Gasteiger partial charge in [0.15, 0.2) is 5.75 Å². The fraction of sp³-hybridized carbons (Fsp3) is 0.500.